The number of hydrogen-bond donors (Lipinski definition) is 3. The maximum absolute atomic E-state index is 13.3. The number of esters is 1. The lowest BCUT2D eigenvalue weighted by molar-refractivity contribution is -0.159. The number of ether oxygens (including phenoxy) is 1. The zero-order valence-corrected chi connectivity index (χ0v) is 22.3. The van der Waals surface area contributed by atoms with Gasteiger partial charge in [0, 0.05) is 11.3 Å². The zero-order valence-electron chi connectivity index (χ0n) is 21.5. The Morgan fingerprint density at radius 2 is 1.77 bits per heavy atom. The first kappa shape index (κ1) is 27.2. The van der Waals surface area contributed by atoms with Gasteiger partial charge in [-0.1, -0.05) is 64.1 Å². The Bertz CT molecular complexity index is 1080. The van der Waals surface area contributed by atoms with Crippen LogP contribution in [-0.4, -0.2) is 26.9 Å². The number of thioether (sulfide) groups is 1. The summed E-state index contributed by atoms with van der Waals surface area (Å²) in [5.74, 6) is -0.182. The highest BCUT2D eigenvalue weighted by atomic mass is 32.2. The topological polar surface area (TPSA) is 87.0 Å². The average molecular weight is 499 g/mol. The van der Waals surface area contributed by atoms with Crippen LogP contribution < -0.4 is 0 Å². The van der Waals surface area contributed by atoms with E-state index >= 15 is 0 Å². The van der Waals surface area contributed by atoms with E-state index in [9.17, 15) is 20.1 Å². The summed E-state index contributed by atoms with van der Waals surface area (Å²) in [5.41, 5.74) is 2.91. The predicted octanol–water partition coefficient (Wildman–Crippen LogP) is 6.86. The van der Waals surface area contributed by atoms with Gasteiger partial charge in [-0.25, -0.2) is 4.79 Å². The molecule has 5 nitrogen and oxygen atoms in total. The van der Waals surface area contributed by atoms with Gasteiger partial charge in [0.1, 0.15) is 22.0 Å². The quantitative estimate of drug-likeness (QED) is 0.327. The Morgan fingerprint density at radius 3 is 2.34 bits per heavy atom. The molecule has 1 unspecified atom stereocenters. The van der Waals surface area contributed by atoms with Crippen LogP contribution in [0.4, 0.5) is 0 Å². The van der Waals surface area contributed by atoms with Crippen molar-refractivity contribution in [1.29, 1.82) is 0 Å². The number of carbonyl (C=O) groups is 1. The molecule has 2 aromatic rings. The van der Waals surface area contributed by atoms with Crippen LogP contribution in [0.5, 0.6) is 5.75 Å². The van der Waals surface area contributed by atoms with Gasteiger partial charge >= 0.3 is 5.97 Å². The molecule has 1 aliphatic heterocycles. The lowest BCUT2D eigenvalue weighted by atomic mass is 9.84. The molecule has 0 saturated carbocycles. The summed E-state index contributed by atoms with van der Waals surface area (Å²) in [5, 5.41) is 30.4. The molecular formula is C29H38O5S. The fourth-order valence-corrected chi connectivity index (χ4v) is 5.74. The summed E-state index contributed by atoms with van der Waals surface area (Å²) in [4.78, 5) is 14.4. The second kappa shape index (κ2) is 11.1. The van der Waals surface area contributed by atoms with E-state index in [4.69, 9.17) is 4.74 Å². The lowest BCUT2D eigenvalue weighted by Gasteiger charge is -2.37. The summed E-state index contributed by atoms with van der Waals surface area (Å²) in [7, 11) is 0. The molecule has 0 bridgehead atoms. The second-order valence-electron chi connectivity index (χ2n) is 10.6. The molecule has 2 aromatic carbocycles. The number of cyclic esters (lactones) is 1. The fraction of sp³-hybridized carbons (Fsp3) is 0.483. The van der Waals surface area contributed by atoms with Gasteiger partial charge in [0.25, 0.3) is 0 Å². The van der Waals surface area contributed by atoms with Gasteiger partial charge in [0.05, 0.1) is 6.61 Å². The van der Waals surface area contributed by atoms with Crippen LogP contribution in [-0.2, 0) is 28.0 Å². The third-order valence-electron chi connectivity index (χ3n) is 6.67. The smallest absolute Gasteiger partial charge is 0.349 e. The van der Waals surface area contributed by atoms with Gasteiger partial charge in [-0.2, -0.15) is 0 Å². The minimum Gasteiger partial charge on any atom is -0.511 e. The van der Waals surface area contributed by atoms with Gasteiger partial charge in [-0.05, 0) is 78.5 Å². The van der Waals surface area contributed by atoms with E-state index in [0.29, 0.717) is 19.3 Å². The van der Waals surface area contributed by atoms with E-state index in [1.807, 2.05) is 31.2 Å². The van der Waals surface area contributed by atoms with E-state index in [1.165, 1.54) is 11.8 Å². The van der Waals surface area contributed by atoms with Gasteiger partial charge in [-0.15, -0.1) is 0 Å². The SMILES string of the molecule is CCCCC1(CCc2ccc(O)cc2)CC(O)=C(Sc2cc(C)c(CO)cc2C(C)(C)C)C(=O)O1. The van der Waals surface area contributed by atoms with Crippen molar-refractivity contribution in [2.24, 2.45) is 0 Å². The number of carbonyl (C=O) groups excluding carboxylic acids is 1. The number of aliphatic hydroxyl groups is 2. The molecule has 0 spiro atoms. The standard InChI is InChI=1S/C29H38O5S/c1-6-7-13-29(14-12-20-8-10-22(31)11-9-20)17-24(32)26(27(33)34-29)35-25-15-19(2)21(18-30)16-23(25)28(3,4)5/h8-11,15-16,30-32H,6-7,12-14,17-18H2,1-5H3. The molecule has 0 radical (unpaired) electrons. The van der Waals surface area contributed by atoms with Crippen LogP contribution in [0.1, 0.15) is 82.1 Å². The normalized spacial score (nSPS) is 18.6. The van der Waals surface area contributed by atoms with Crippen molar-refractivity contribution in [3.63, 3.8) is 0 Å². The monoisotopic (exact) mass is 498 g/mol. The van der Waals surface area contributed by atoms with Crippen molar-refractivity contribution in [2.45, 2.75) is 95.7 Å². The van der Waals surface area contributed by atoms with Gasteiger partial charge in [-0.3, -0.25) is 0 Å². The van der Waals surface area contributed by atoms with Crippen LogP contribution >= 0.6 is 11.8 Å². The second-order valence-corrected chi connectivity index (χ2v) is 11.6. The molecule has 0 saturated heterocycles. The van der Waals surface area contributed by atoms with Gasteiger partial charge in [0.2, 0.25) is 0 Å². The molecule has 3 rings (SSSR count). The van der Waals surface area contributed by atoms with E-state index < -0.39 is 11.6 Å². The summed E-state index contributed by atoms with van der Waals surface area (Å²) in [6.45, 7) is 10.3. The van der Waals surface area contributed by atoms with Crippen LogP contribution in [0.3, 0.4) is 0 Å². The van der Waals surface area contributed by atoms with Crippen molar-refractivity contribution in [2.75, 3.05) is 0 Å². The highest BCUT2D eigenvalue weighted by Gasteiger charge is 2.42. The van der Waals surface area contributed by atoms with Crippen LogP contribution in [0.2, 0.25) is 0 Å². The maximum Gasteiger partial charge on any atom is 0.349 e. The number of aliphatic hydroxyl groups excluding tert-OH is 2. The molecule has 0 amide bonds. The Labute approximate surface area is 213 Å². The number of rotatable bonds is 9. The highest BCUT2D eigenvalue weighted by molar-refractivity contribution is 8.04. The molecule has 1 heterocycles. The summed E-state index contributed by atoms with van der Waals surface area (Å²) in [6, 6.07) is 11.0. The minimum absolute atomic E-state index is 0.0448. The maximum atomic E-state index is 13.3. The van der Waals surface area contributed by atoms with Crippen molar-refractivity contribution in [3.05, 3.63) is 69.3 Å². The van der Waals surface area contributed by atoms with Crippen molar-refractivity contribution >= 4 is 17.7 Å². The Morgan fingerprint density at radius 1 is 1.09 bits per heavy atom. The molecule has 190 valence electrons. The fourth-order valence-electron chi connectivity index (χ4n) is 4.50. The van der Waals surface area contributed by atoms with Crippen LogP contribution in [0.25, 0.3) is 0 Å². The molecule has 1 aliphatic rings. The summed E-state index contributed by atoms with van der Waals surface area (Å²) >= 11 is 1.25. The lowest BCUT2D eigenvalue weighted by Crippen LogP contribution is -2.40. The average Bonchev–Trinajstić information content (AvgIpc) is 2.79. The Kier molecular flexibility index (Phi) is 8.60. The van der Waals surface area contributed by atoms with E-state index in [-0.39, 0.29) is 34.9 Å². The van der Waals surface area contributed by atoms with Gasteiger partial charge < -0.3 is 20.1 Å². The van der Waals surface area contributed by atoms with Crippen LogP contribution in [0, 0.1) is 6.92 Å². The first-order valence-corrected chi connectivity index (χ1v) is 13.2. The first-order valence-electron chi connectivity index (χ1n) is 12.3. The number of phenolic OH excluding ortho intramolecular Hbond substituents is 1. The molecular weight excluding hydrogens is 460 g/mol. The minimum atomic E-state index is -0.747. The summed E-state index contributed by atoms with van der Waals surface area (Å²) < 4.78 is 6.11. The molecule has 0 fully saturated rings. The molecule has 3 N–H and O–H groups in total. The molecule has 0 aliphatic carbocycles. The number of aryl methyl sites for hydroxylation is 2. The highest BCUT2D eigenvalue weighted by Crippen LogP contribution is 2.44. The van der Waals surface area contributed by atoms with E-state index in [2.05, 4.69) is 27.7 Å². The zero-order chi connectivity index (χ0) is 25.8. The molecule has 0 aromatic heterocycles. The van der Waals surface area contributed by atoms with Crippen molar-refractivity contribution in [3.8, 4) is 5.75 Å². The van der Waals surface area contributed by atoms with E-state index in [0.717, 1.165) is 40.0 Å². The third-order valence-corrected chi connectivity index (χ3v) is 7.83. The van der Waals surface area contributed by atoms with Gasteiger partial charge in [0.15, 0.2) is 0 Å². The van der Waals surface area contributed by atoms with Crippen molar-refractivity contribution in [1.82, 2.24) is 0 Å². The number of hydrogen-bond acceptors (Lipinski definition) is 6. The van der Waals surface area contributed by atoms with Crippen molar-refractivity contribution < 1.29 is 24.9 Å². The Balaban J connectivity index is 1.90. The largest absolute Gasteiger partial charge is 0.511 e. The van der Waals surface area contributed by atoms with Crippen LogP contribution in [0.15, 0.2) is 52.0 Å². The molecule has 6 heteroatoms. The molecule has 1 atom stereocenters. The summed E-state index contributed by atoms with van der Waals surface area (Å²) in [6.07, 6.45) is 4.13. The predicted molar refractivity (Wildman–Crippen MR) is 141 cm³/mol. The third kappa shape index (κ3) is 6.62. The Hall–Kier alpha value is -2.44. The first-order chi connectivity index (χ1) is 16.5. The number of unbranched alkanes of at least 4 members (excludes halogenated alkanes) is 1. The number of aromatic hydroxyl groups is 1. The number of benzene rings is 2. The number of phenols is 1. The molecule has 35 heavy (non-hydrogen) atoms. The van der Waals surface area contributed by atoms with E-state index in [1.54, 1.807) is 12.1 Å².